The fourth-order valence-electron chi connectivity index (χ4n) is 1.95. The summed E-state index contributed by atoms with van der Waals surface area (Å²) in [4.78, 5) is 17.2. The smallest absolute Gasteiger partial charge is 0.335 e. The van der Waals surface area contributed by atoms with Crippen LogP contribution in [0.4, 0.5) is 11.5 Å². The van der Waals surface area contributed by atoms with Crippen LogP contribution in [0.15, 0.2) is 48.8 Å². The Kier molecular flexibility index (Phi) is 2.83. The standard InChI is InChI=1S/C14H12N4O2/c1-17(11-4-2-10(3-5-11)14(19)20)12-7-9-18-13(16-12)6-8-15-18/h2-9H,1H3,(H,19,20). The first-order valence-electron chi connectivity index (χ1n) is 6.02. The Morgan fingerprint density at radius 3 is 2.65 bits per heavy atom. The van der Waals surface area contributed by atoms with E-state index in [1.54, 1.807) is 35.0 Å². The molecule has 0 bridgehead atoms. The minimum absolute atomic E-state index is 0.265. The van der Waals surface area contributed by atoms with Gasteiger partial charge in [-0.25, -0.2) is 14.3 Å². The van der Waals surface area contributed by atoms with Gasteiger partial charge in [0.25, 0.3) is 0 Å². The summed E-state index contributed by atoms with van der Waals surface area (Å²) >= 11 is 0. The molecule has 1 N–H and O–H groups in total. The number of hydrogen-bond donors (Lipinski definition) is 1. The minimum Gasteiger partial charge on any atom is -0.478 e. The highest BCUT2D eigenvalue weighted by molar-refractivity contribution is 5.88. The third kappa shape index (κ3) is 2.07. The fraction of sp³-hybridized carbons (Fsp3) is 0.0714. The summed E-state index contributed by atoms with van der Waals surface area (Å²) in [5.41, 5.74) is 1.89. The van der Waals surface area contributed by atoms with E-state index in [-0.39, 0.29) is 5.56 Å². The van der Waals surface area contributed by atoms with Gasteiger partial charge in [0.05, 0.1) is 11.8 Å². The predicted molar refractivity (Wildman–Crippen MR) is 74.5 cm³/mol. The van der Waals surface area contributed by atoms with Crippen LogP contribution in [0, 0.1) is 0 Å². The van der Waals surface area contributed by atoms with Gasteiger partial charge in [-0.15, -0.1) is 0 Å². The SMILES string of the molecule is CN(c1ccc(C(=O)O)cc1)c1ccn2nccc2n1. The van der Waals surface area contributed by atoms with E-state index in [1.165, 1.54) is 0 Å². The van der Waals surface area contributed by atoms with Gasteiger partial charge in [-0.3, -0.25) is 0 Å². The first-order chi connectivity index (χ1) is 9.65. The van der Waals surface area contributed by atoms with Crippen molar-refractivity contribution in [2.24, 2.45) is 0 Å². The molecule has 0 spiro atoms. The van der Waals surface area contributed by atoms with Crippen molar-refractivity contribution in [2.75, 3.05) is 11.9 Å². The molecule has 6 nitrogen and oxygen atoms in total. The summed E-state index contributed by atoms with van der Waals surface area (Å²) in [6, 6.07) is 10.3. The molecule has 0 aliphatic carbocycles. The lowest BCUT2D eigenvalue weighted by Crippen LogP contribution is -2.12. The van der Waals surface area contributed by atoms with Gasteiger partial charge < -0.3 is 10.0 Å². The van der Waals surface area contributed by atoms with Gasteiger partial charge in [0.1, 0.15) is 5.82 Å². The van der Waals surface area contributed by atoms with E-state index in [4.69, 9.17) is 5.11 Å². The van der Waals surface area contributed by atoms with E-state index in [2.05, 4.69) is 10.1 Å². The molecule has 0 saturated carbocycles. The third-order valence-corrected chi connectivity index (χ3v) is 3.09. The second-order valence-electron chi connectivity index (χ2n) is 4.33. The van der Waals surface area contributed by atoms with Crippen LogP contribution in [0.5, 0.6) is 0 Å². The number of carboxylic acids is 1. The normalized spacial score (nSPS) is 10.7. The van der Waals surface area contributed by atoms with Gasteiger partial charge in [-0.1, -0.05) is 0 Å². The highest BCUT2D eigenvalue weighted by Gasteiger charge is 2.08. The highest BCUT2D eigenvalue weighted by atomic mass is 16.4. The van der Waals surface area contributed by atoms with Crippen molar-refractivity contribution in [1.82, 2.24) is 14.6 Å². The van der Waals surface area contributed by atoms with Crippen molar-refractivity contribution in [3.8, 4) is 0 Å². The van der Waals surface area contributed by atoms with Gasteiger partial charge in [0, 0.05) is 25.0 Å². The molecule has 0 radical (unpaired) electrons. The van der Waals surface area contributed by atoms with E-state index in [1.807, 2.05) is 30.3 Å². The molecule has 2 heterocycles. The van der Waals surface area contributed by atoms with Crippen molar-refractivity contribution in [1.29, 1.82) is 0 Å². The molecule has 0 aliphatic heterocycles. The summed E-state index contributed by atoms with van der Waals surface area (Å²) < 4.78 is 1.69. The molecule has 0 saturated heterocycles. The second kappa shape index (κ2) is 4.65. The lowest BCUT2D eigenvalue weighted by molar-refractivity contribution is 0.0697. The van der Waals surface area contributed by atoms with Crippen molar-refractivity contribution in [2.45, 2.75) is 0 Å². The molecule has 3 rings (SSSR count). The maximum absolute atomic E-state index is 10.8. The number of aromatic nitrogens is 3. The Labute approximate surface area is 114 Å². The van der Waals surface area contributed by atoms with E-state index < -0.39 is 5.97 Å². The lowest BCUT2D eigenvalue weighted by atomic mass is 10.2. The molecule has 0 amide bonds. The van der Waals surface area contributed by atoms with Crippen molar-refractivity contribution < 1.29 is 9.90 Å². The number of nitrogens with zero attached hydrogens (tertiary/aromatic N) is 4. The van der Waals surface area contributed by atoms with Gasteiger partial charge in [-0.05, 0) is 30.3 Å². The van der Waals surface area contributed by atoms with Crippen LogP contribution < -0.4 is 4.90 Å². The summed E-state index contributed by atoms with van der Waals surface area (Å²) in [6.07, 6.45) is 3.52. The van der Waals surface area contributed by atoms with Crippen LogP contribution in [0.25, 0.3) is 5.65 Å². The average molecular weight is 268 g/mol. The van der Waals surface area contributed by atoms with Gasteiger partial charge >= 0.3 is 5.97 Å². The first kappa shape index (κ1) is 12.2. The van der Waals surface area contributed by atoms with E-state index >= 15 is 0 Å². The average Bonchev–Trinajstić information content (AvgIpc) is 2.94. The van der Waals surface area contributed by atoms with Crippen LogP contribution in [0.3, 0.4) is 0 Å². The molecule has 3 aromatic rings. The molecule has 100 valence electrons. The maximum Gasteiger partial charge on any atom is 0.335 e. The van der Waals surface area contributed by atoms with Crippen LogP contribution in [0.1, 0.15) is 10.4 Å². The Morgan fingerprint density at radius 1 is 1.20 bits per heavy atom. The molecule has 0 fully saturated rings. The van der Waals surface area contributed by atoms with Gasteiger partial charge in [0.2, 0.25) is 0 Å². The largest absolute Gasteiger partial charge is 0.478 e. The Morgan fingerprint density at radius 2 is 1.95 bits per heavy atom. The van der Waals surface area contributed by atoms with E-state index in [9.17, 15) is 4.79 Å². The van der Waals surface area contributed by atoms with Crippen molar-refractivity contribution in [3.63, 3.8) is 0 Å². The summed E-state index contributed by atoms with van der Waals surface area (Å²) in [5, 5.41) is 13.0. The molecule has 20 heavy (non-hydrogen) atoms. The van der Waals surface area contributed by atoms with Crippen LogP contribution in [0.2, 0.25) is 0 Å². The molecule has 1 aromatic carbocycles. The summed E-state index contributed by atoms with van der Waals surface area (Å²) in [5.74, 6) is -0.168. The number of aromatic carboxylic acids is 1. The van der Waals surface area contributed by atoms with E-state index in [0.29, 0.717) is 0 Å². The number of rotatable bonds is 3. The zero-order valence-corrected chi connectivity index (χ0v) is 10.8. The molecule has 2 aromatic heterocycles. The monoisotopic (exact) mass is 268 g/mol. The van der Waals surface area contributed by atoms with Gasteiger partial charge in [0.15, 0.2) is 5.65 Å². The number of carboxylic acid groups (broad SMARTS) is 1. The topological polar surface area (TPSA) is 70.7 Å². The quantitative estimate of drug-likeness (QED) is 0.788. The minimum atomic E-state index is -0.932. The summed E-state index contributed by atoms with van der Waals surface area (Å²) in [7, 11) is 1.88. The Balaban J connectivity index is 1.94. The summed E-state index contributed by atoms with van der Waals surface area (Å²) in [6.45, 7) is 0. The molecule has 6 heteroatoms. The first-order valence-corrected chi connectivity index (χ1v) is 6.02. The molecular formula is C14H12N4O2. The Bertz CT molecular complexity index is 764. The van der Waals surface area contributed by atoms with Crippen LogP contribution in [-0.4, -0.2) is 32.7 Å². The molecular weight excluding hydrogens is 256 g/mol. The Hall–Kier alpha value is -2.89. The van der Waals surface area contributed by atoms with Crippen LogP contribution >= 0.6 is 0 Å². The maximum atomic E-state index is 10.8. The fourth-order valence-corrected chi connectivity index (χ4v) is 1.95. The zero-order chi connectivity index (χ0) is 14.1. The predicted octanol–water partition coefficient (Wildman–Crippen LogP) is 2.20. The van der Waals surface area contributed by atoms with Gasteiger partial charge in [-0.2, -0.15) is 5.10 Å². The lowest BCUT2D eigenvalue weighted by Gasteiger charge is -2.18. The molecule has 0 atom stereocenters. The van der Waals surface area contributed by atoms with Crippen molar-refractivity contribution in [3.05, 3.63) is 54.4 Å². The molecule has 0 aliphatic rings. The molecule has 0 unspecified atom stereocenters. The number of benzene rings is 1. The number of hydrogen-bond acceptors (Lipinski definition) is 4. The van der Waals surface area contributed by atoms with E-state index in [0.717, 1.165) is 17.2 Å². The van der Waals surface area contributed by atoms with Crippen LogP contribution in [-0.2, 0) is 0 Å². The number of anilines is 2. The highest BCUT2D eigenvalue weighted by Crippen LogP contribution is 2.22. The van der Waals surface area contributed by atoms with Crippen molar-refractivity contribution >= 4 is 23.1 Å². The second-order valence-corrected chi connectivity index (χ2v) is 4.33. The number of fused-ring (bicyclic) bond motifs is 1. The third-order valence-electron chi connectivity index (χ3n) is 3.09. The number of carbonyl (C=O) groups is 1. The zero-order valence-electron chi connectivity index (χ0n) is 10.8.